The lowest BCUT2D eigenvalue weighted by Crippen LogP contribution is -2.12. The van der Waals surface area contributed by atoms with Crippen LogP contribution < -0.4 is 10.1 Å². The number of ether oxygens (including phenoxy) is 1. The van der Waals surface area contributed by atoms with Gasteiger partial charge in [0.05, 0.1) is 36.1 Å². The van der Waals surface area contributed by atoms with Gasteiger partial charge in [0.15, 0.2) is 0 Å². The average Bonchev–Trinajstić information content (AvgIpc) is 2.86. The highest BCUT2D eigenvalue weighted by Crippen LogP contribution is 2.22. The van der Waals surface area contributed by atoms with Gasteiger partial charge in [-0.2, -0.15) is 0 Å². The predicted molar refractivity (Wildman–Crippen MR) is 83.5 cm³/mol. The average molecular weight is 282 g/mol. The molecule has 3 aromatic rings. The number of imidazole rings is 1. The van der Waals surface area contributed by atoms with Crippen molar-refractivity contribution in [3.8, 4) is 5.88 Å². The Hall–Kier alpha value is -2.56. The monoisotopic (exact) mass is 282 g/mol. The summed E-state index contributed by atoms with van der Waals surface area (Å²) in [6, 6.07) is 12.0. The fourth-order valence-electron chi connectivity index (χ4n) is 2.45. The second kappa shape index (κ2) is 5.44. The van der Waals surface area contributed by atoms with Gasteiger partial charge in [0.1, 0.15) is 5.82 Å². The third-order valence-corrected chi connectivity index (χ3v) is 3.54. The normalized spacial score (nSPS) is 12.3. The number of methoxy groups -OCH3 is 1. The molecule has 0 saturated carbocycles. The number of nitrogens with zero attached hydrogens (tertiary/aromatic N) is 3. The Labute approximate surface area is 123 Å². The van der Waals surface area contributed by atoms with Gasteiger partial charge < -0.3 is 14.6 Å². The van der Waals surface area contributed by atoms with Crippen molar-refractivity contribution in [1.29, 1.82) is 0 Å². The van der Waals surface area contributed by atoms with Crippen LogP contribution >= 0.6 is 0 Å². The lowest BCUT2D eigenvalue weighted by molar-refractivity contribution is 0.398. The minimum atomic E-state index is 0.0811. The zero-order valence-electron chi connectivity index (χ0n) is 12.4. The molecule has 0 aliphatic carbocycles. The Morgan fingerprint density at radius 3 is 2.67 bits per heavy atom. The molecule has 1 aromatic carbocycles. The van der Waals surface area contributed by atoms with E-state index >= 15 is 0 Å². The number of nitrogens with one attached hydrogen (secondary N) is 1. The van der Waals surface area contributed by atoms with Crippen LogP contribution in [0, 0.1) is 0 Å². The first-order valence-electron chi connectivity index (χ1n) is 6.87. The number of para-hydroxylation sites is 2. The standard InChI is InChI=1S/C16H18N4O/c1-11(18-12-8-9-15(21-3)17-10-12)16-19-13-6-4-5-7-14(13)20(16)2/h4-11,18H,1-3H3. The van der Waals surface area contributed by atoms with Crippen LogP contribution in [0.4, 0.5) is 5.69 Å². The van der Waals surface area contributed by atoms with Crippen LogP contribution in [0.25, 0.3) is 11.0 Å². The molecule has 1 atom stereocenters. The van der Waals surface area contributed by atoms with Crippen molar-refractivity contribution >= 4 is 16.7 Å². The zero-order valence-corrected chi connectivity index (χ0v) is 12.4. The highest BCUT2D eigenvalue weighted by Gasteiger charge is 2.14. The van der Waals surface area contributed by atoms with Crippen LogP contribution in [-0.2, 0) is 7.05 Å². The number of aryl methyl sites for hydroxylation is 1. The molecule has 2 aromatic heterocycles. The van der Waals surface area contributed by atoms with Gasteiger partial charge in [-0.15, -0.1) is 0 Å². The van der Waals surface area contributed by atoms with E-state index in [0.717, 1.165) is 22.5 Å². The highest BCUT2D eigenvalue weighted by molar-refractivity contribution is 5.76. The van der Waals surface area contributed by atoms with E-state index in [2.05, 4.69) is 27.9 Å². The lowest BCUT2D eigenvalue weighted by Gasteiger charge is -2.15. The van der Waals surface area contributed by atoms with Crippen molar-refractivity contribution in [2.75, 3.05) is 12.4 Å². The Bertz CT molecular complexity index is 749. The van der Waals surface area contributed by atoms with Crippen LogP contribution in [-0.4, -0.2) is 21.6 Å². The SMILES string of the molecule is COc1ccc(NC(C)c2nc3ccccc3n2C)cn1. The molecule has 0 amide bonds. The molecule has 1 N–H and O–H groups in total. The summed E-state index contributed by atoms with van der Waals surface area (Å²) in [6.07, 6.45) is 1.76. The van der Waals surface area contributed by atoms with Gasteiger partial charge in [0.25, 0.3) is 0 Å². The Morgan fingerprint density at radius 1 is 1.19 bits per heavy atom. The summed E-state index contributed by atoms with van der Waals surface area (Å²) in [4.78, 5) is 8.89. The van der Waals surface area contributed by atoms with E-state index < -0.39 is 0 Å². The molecule has 0 saturated heterocycles. The molecule has 0 fully saturated rings. The van der Waals surface area contributed by atoms with Gasteiger partial charge in [-0.1, -0.05) is 12.1 Å². The number of pyridine rings is 1. The van der Waals surface area contributed by atoms with Crippen LogP contribution in [0.5, 0.6) is 5.88 Å². The largest absolute Gasteiger partial charge is 0.481 e. The second-order valence-corrected chi connectivity index (χ2v) is 4.97. The molecule has 0 spiro atoms. The summed E-state index contributed by atoms with van der Waals surface area (Å²) in [7, 11) is 3.65. The zero-order chi connectivity index (χ0) is 14.8. The van der Waals surface area contributed by atoms with Crippen molar-refractivity contribution in [3.63, 3.8) is 0 Å². The number of aromatic nitrogens is 3. The fraction of sp³-hybridized carbons (Fsp3) is 0.250. The molecule has 108 valence electrons. The number of fused-ring (bicyclic) bond motifs is 1. The number of benzene rings is 1. The number of hydrogen-bond acceptors (Lipinski definition) is 4. The molecule has 0 radical (unpaired) electrons. The summed E-state index contributed by atoms with van der Waals surface area (Å²) in [5, 5.41) is 3.41. The fourth-order valence-corrected chi connectivity index (χ4v) is 2.45. The van der Waals surface area contributed by atoms with Crippen molar-refractivity contribution in [2.24, 2.45) is 7.05 Å². The summed E-state index contributed by atoms with van der Waals surface area (Å²) >= 11 is 0. The molecule has 5 nitrogen and oxygen atoms in total. The van der Waals surface area contributed by atoms with Crippen molar-refractivity contribution in [1.82, 2.24) is 14.5 Å². The Morgan fingerprint density at radius 2 is 2.00 bits per heavy atom. The number of rotatable bonds is 4. The van der Waals surface area contributed by atoms with E-state index in [1.165, 1.54) is 0 Å². The molecule has 1 unspecified atom stereocenters. The first kappa shape index (κ1) is 13.4. The van der Waals surface area contributed by atoms with Crippen LogP contribution in [0.3, 0.4) is 0 Å². The third kappa shape index (κ3) is 2.54. The van der Waals surface area contributed by atoms with Gasteiger partial charge in [-0.05, 0) is 25.1 Å². The van der Waals surface area contributed by atoms with E-state index in [9.17, 15) is 0 Å². The maximum atomic E-state index is 5.06. The van der Waals surface area contributed by atoms with E-state index in [4.69, 9.17) is 9.72 Å². The maximum Gasteiger partial charge on any atom is 0.213 e. The predicted octanol–water partition coefficient (Wildman–Crippen LogP) is 3.15. The summed E-state index contributed by atoms with van der Waals surface area (Å²) in [5.41, 5.74) is 3.08. The molecule has 5 heteroatoms. The lowest BCUT2D eigenvalue weighted by atomic mass is 10.3. The summed E-state index contributed by atoms with van der Waals surface area (Å²) < 4.78 is 7.18. The van der Waals surface area contributed by atoms with Crippen molar-refractivity contribution in [3.05, 3.63) is 48.4 Å². The van der Waals surface area contributed by atoms with Gasteiger partial charge in [-0.25, -0.2) is 9.97 Å². The first-order valence-corrected chi connectivity index (χ1v) is 6.87. The van der Waals surface area contributed by atoms with Crippen LogP contribution in [0.2, 0.25) is 0 Å². The molecule has 0 aliphatic rings. The van der Waals surface area contributed by atoms with Crippen molar-refractivity contribution in [2.45, 2.75) is 13.0 Å². The van der Waals surface area contributed by atoms with E-state index in [1.54, 1.807) is 13.3 Å². The first-order chi connectivity index (χ1) is 10.2. The van der Waals surface area contributed by atoms with Gasteiger partial charge in [0, 0.05) is 13.1 Å². The molecule has 0 aliphatic heterocycles. The topological polar surface area (TPSA) is 52.0 Å². The van der Waals surface area contributed by atoms with Crippen LogP contribution in [0.15, 0.2) is 42.6 Å². The van der Waals surface area contributed by atoms with Gasteiger partial charge in [-0.3, -0.25) is 0 Å². The summed E-state index contributed by atoms with van der Waals surface area (Å²) in [5.74, 6) is 1.60. The van der Waals surface area contributed by atoms with Gasteiger partial charge >= 0.3 is 0 Å². The van der Waals surface area contributed by atoms with E-state index in [0.29, 0.717) is 5.88 Å². The minimum absolute atomic E-state index is 0.0811. The van der Waals surface area contributed by atoms with E-state index in [-0.39, 0.29) is 6.04 Å². The molecule has 2 heterocycles. The molecular formula is C16H18N4O. The maximum absolute atomic E-state index is 5.06. The third-order valence-electron chi connectivity index (χ3n) is 3.54. The van der Waals surface area contributed by atoms with Crippen LogP contribution in [0.1, 0.15) is 18.8 Å². The molecule has 3 rings (SSSR count). The summed E-state index contributed by atoms with van der Waals surface area (Å²) in [6.45, 7) is 2.09. The number of anilines is 1. The molecular weight excluding hydrogens is 264 g/mol. The quantitative estimate of drug-likeness (QED) is 0.798. The molecule has 21 heavy (non-hydrogen) atoms. The number of hydrogen-bond donors (Lipinski definition) is 1. The second-order valence-electron chi connectivity index (χ2n) is 4.97. The van der Waals surface area contributed by atoms with E-state index in [1.807, 2.05) is 37.4 Å². The minimum Gasteiger partial charge on any atom is -0.481 e. The van der Waals surface area contributed by atoms with Crippen molar-refractivity contribution < 1.29 is 4.74 Å². The van der Waals surface area contributed by atoms with Gasteiger partial charge in [0.2, 0.25) is 5.88 Å². The Kier molecular flexibility index (Phi) is 3.48. The Balaban J connectivity index is 1.86. The highest BCUT2D eigenvalue weighted by atomic mass is 16.5. The smallest absolute Gasteiger partial charge is 0.213 e. The molecule has 0 bridgehead atoms.